The van der Waals surface area contributed by atoms with Gasteiger partial charge in [-0.3, -0.25) is 9.36 Å². The number of benzene rings is 4. The predicted molar refractivity (Wildman–Crippen MR) is 145 cm³/mol. The van der Waals surface area contributed by atoms with Gasteiger partial charge >= 0.3 is 0 Å². The van der Waals surface area contributed by atoms with Gasteiger partial charge < -0.3 is 5.32 Å². The Morgan fingerprint density at radius 3 is 1.67 bits per heavy atom. The monoisotopic (exact) mass is 498 g/mol. The first kappa shape index (κ1) is 25.3. The van der Waals surface area contributed by atoms with Crippen molar-refractivity contribution in [1.29, 1.82) is 0 Å². The van der Waals surface area contributed by atoms with Crippen LogP contribution in [0.1, 0.15) is 29.8 Å². The fraction of sp³-hybridized carbons (Fsp3) is 0.133. The van der Waals surface area contributed by atoms with Crippen molar-refractivity contribution in [2.75, 3.05) is 0 Å². The summed E-state index contributed by atoms with van der Waals surface area (Å²) in [5.41, 5.74) is 1.54. The molecule has 0 saturated carbocycles. The number of carbonyl (C=O) groups is 1. The Morgan fingerprint density at radius 1 is 0.722 bits per heavy atom. The fourth-order valence-corrected chi connectivity index (χ4v) is 6.19. The molecule has 0 saturated heterocycles. The highest BCUT2D eigenvalue weighted by Crippen LogP contribution is 2.46. The van der Waals surface area contributed by atoms with Crippen molar-refractivity contribution in [2.45, 2.75) is 19.9 Å². The number of carbonyl (C=O) groups excluding carboxylic acids is 1. The minimum Gasteiger partial charge on any atom is -0.343 e. The predicted octanol–water partition coefficient (Wildman–Crippen LogP) is 6.00. The van der Waals surface area contributed by atoms with E-state index in [0.29, 0.717) is 27.4 Å². The van der Waals surface area contributed by atoms with E-state index in [4.69, 9.17) is 4.76 Å². The van der Waals surface area contributed by atoms with E-state index in [1.54, 1.807) is 60.7 Å². The van der Waals surface area contributed by atoms with E-state index in [2.05, 4.69) is 5.32 Å². The number of nitrogens with one attached hydrogen (secondary N) is 1. The summed E-state index contributed by atoms with van der Waals surface area (Å²) in [6.07, 6.45) is 0. The van der Waals surface area contributed by atoms with Crippen LogP contribution >= 0.6 is 7.29 Å². The lowest BCUT2D eigenvalue weighted by molar-refractivity contribution is 0.0939. The molecule has 182 valence electrons. The Labute approximate surface area is 211 Å². The number of amides is 1. The van der Waals surface area contributed by atoms with E-state index >= 15 is 0 Å². The number of rotatable bonds is 8. The van der Waals surface area contributed by atoms with E-state index < -0.39 is 13.3 Å². The van der Waals surface area contributed by atoms with Gasteiger partial charge in [-0.15, -0.1) is 0 Å². The van der Waals surface area contributed by atoms with Crippen molar-refractivity contribution in [1.82, 2.24) is 5.32 Å². The molecule has 0 heterocycles. The fourth-order valence-electron chi connectivity index (χ4n) is 3.96. The maximum Gasteiger partial charge on any atom is 0.251 e. The summed E-state index contributed by atoms with van der Waals surface area (Å²) in [5, 5.41) is 4.24. The zero-order chi connectivity index (χ0) is 25.5. The molecule has 0 aliphatic heterocycles. The van der Waals surface area contributed by atoms with Gasteiger partial charge in [-0.1, -0.05) is 80.6 Å². The average molecular weight is 499 g/mol. The number of hydrogen-bond acceptors (Lipinski definition) is 2. The SMILES string of the molecule is CC(C)[C@H](NC(=O)c1ccccc1)/C(=N/P(=O)(c1ccccc1)c1ccccc1)c1ccc(F)cc1. The van der Waals surface area contributed by atoms with Crippen molar-refractivity contribution in [3.63, 3.8) is 0 Å². The summed E-state index contributed by atoms with van der Waals surface area (Å²) in [7, 11) is -3.52. The number of hydrogen-bond donors (Lipinski definition) is 1. The molecule has 1 N–H and O–H groups in total. The molecule has 0 aliphatic carbocycles. The van der Waals surface area contributed by atoms with E-state index in [-0.39, 0.29) is 17.6 Å². The second kappa shape index (κ2) is 11.3. The Kier molecular flexibility index (Phi) is 7.92. The molecule has 0 bridgehead atoms. The molecule has 0 aromatic heterocycles. The van der Waals surface area contributed by atoms with Crippen molar-refractivity contribution < 1.29 is 13.8 Å². The molecule has 0 aliphatic rings. The minimum absolute atomic E-state index is 0.0959. The molecule has 36 heavy (non-hydrogen) atoms. The van der Waals surface area contributed by atoms with Crippen LogP contribution in [0.5, 0.6) is 0 Å². The highest BCUT2D eigenvalue weighted by Gasteiger charge is 2.31. The topological polar surface area (TPSA) is 58.5 Å². The number of nitrogens with zero attached hydrogens (tertiary/aromatic N) is 1. The maximum absolute atomic E-state index is 14.8. The van der Waals surface area contributed by atoms with Crippen LogP contribution in [0.3, 0.4) is 0 Å². The van der Waals surface area contributed by atoms with Gasteiger partial charge in [0.2, 0.25) is 7.29 Å². The third-order valence-corrected chi connectivity index (χ3v) is 8.38. The lowest BCUT2D eigenvalue weighted by Crippen LogP contribution is -2.45. The molecular weight excluding hydrogens is 470 g/mol. The van der Waals surface area contributed by atoms with Crippen molar-refractivity contribution in [3.05, 3.63) is 132 Å². The molecule has 4 aromatic rings. The van der Waals surface area contributed by atoms with Gasteiger partial charge in [0.15, 0.2) is 0 Å². The summed E-state index contributed by atoms with van der Waals surface area (Å²) in [4.78, 5) is 13.2. The second-order valence-electron chi connectivity index (χ2n) is 8.80. The van der Waals surface area contributed by atoms with Crippen LogP contribution in [0.2, 0.25) is 0 Å². The molecule has 0 unspecified atom stereocenters. The summed E-state index contributed by atoms with van der Waals surface area (Å²) in [6, 6.07) is 32.5. The molecule has 0 spiro atoms. The molecule has 4 nitrogen and oxygen atoms in total. The maximum atomic E-state index is 14.8. The molecule has 6 heteroatoms. The van der Waals surface area contributed by atoms with Gasteiger partial charge in [-0.05, 0) is 60.0 Å². The van der Waals surface area contributed by atoms with Gasteiger partial charge in [0, 0.05) is 16.2 Å². The molecule has 1 amide bonds. The van der Waals surface area contributed by atoms with E-state index in [9.17, 15) is 13.8 Å². The highest BCUT2D eigenvalue weighted by atomic mass is 31.2. The van der Waals surface area contributed by atoms with Crippen LogP contribution in [-0.2, 0) is 4.57 Å². The van der Waals surface area contributed by atoms with Crippen LogP contribution in [0, 0.1) is 11.7 Å². The number of halogens is 1. The zero-order valence-electron chi connectivity index (χ0n) is 20.2. The van der Waals surface area contributed by atoms with Gasteiger partial charge in [0.05, 0.1) is 11.8 Å². The summed E-state index contributed by atoms with van der Waals surface area (Å²) in [5.74, 6) is -0.748. The van der Waals surface area contributed by atoms with Crippen LogP contribution in [0.15, 0.2) is 120 Å². The normalized spacial score (nSPS) is 12.8. The summed E-state index contributed by atoms with van der Waals surface area (Å²) in [6.45, 7) is 3.93. The van der Waals surface area contributed by atoms with Crippen molar-refractivity contribution >= 4 is 29.5 Å². The zero-order valence-corrected chi connectivity index (χ0v) is 21.1. The van der Waals surface area contributed by atoms with Gasteiger partial charge in [0.25, 0.3) is 5.91 Å². The van der Waals surface area contributed by atoms with Crippen LogP contribution in [0.25, 0.3) is 0 Å². The first-order valence-electron chi connectivity index (χ1n) is 11.8. The van der Waals surface area contributed by atoms with Gasteiger partial charge in [-0.2, -0.15) is 0 Å². The van der Waals surface area contributed by atoms with E-state index in [1.807, 2.05) is 56.3 Å². The second-order valence-corrected chi connectivity index (χ2v) is 11.2. The lowest BCUT2D eigenvalue weighted by atomic mass is 9.94. The standard InChI is InChI=1S/C30H28FN2O2P/c1-22(2)28(32-30(34)24-12-6-3-7-13-24)29(23-18-20-25(31)21-19-23)33-36(35,26-14-8-4-9-15-26)27-16-10-5-11-17-27/h3-22,28H,1-2H3,(H,32,34)/b33-29+/t28-/m0/s1. The molecule has 0 radical (unpaired) electrons. The highest BCUT2D eigenvalue weighted by molar-refractivity contribution is 7.77. The van der Waals surface area contributed by atoms with Crippen LogP contribution in [0.4, 0.5) is 4.39 Å². The largest absolute Gasteiger partial charge is 0.343 e. The smallest absolute Gasteiger partial charge is 0.251 e. The van der Waals surface area contributed by atoms with E-state index in [1.165, 1.54) is 12.1 Å². The van der Waals surface area contributed by atoms with E-state index in [0.717, 1.165) is 0 Å². The Hall–Kier alpha value is -3.82. The Balaban J connectivity index is 1.91. The van der Waals surface area contributed by atoms with Crippen molar-refractivity contribution in [3.8, 4) is 0 Å². The van der Waals surface area contributed by atoms with Crippen molar-refractivity contribution in [2.24, 2.45) is 10.7 Å². The van der Waals surface area contributed by atoms with Crippen LogP contribution < -0.4 is 15.9 Å². The lowest BCUT2D eigenvalue weighted by Gasteiger charge is -2.27. The molecule has 0 fully saturated rings. The quantitative estimate of drug-likeness (QED) is 0.239. The first-order chi connectivity index (χ1) is 17.4. The van der Waals surface area contributed by atoms with Crippen LogP contribution in [-0.4, -0.2) is 17.7 Å². The third kappa shape index (κ3) is 5.69. The Morgan fingerprint density at radius 2 is 1.19 bits per heavy atom. The molecular formula is C30H28FN2O2P. The van der Waals surface area contributed by atoms with Gasteiger partial charge in [-0.25, -0.2) is 9.15 Å². The summed E-state index contributed by atoms with van der Waals surface area (Å²) >= 11 is 0. The summed E-state index contributed by atoms with van der Waals surface area (Å²) < 4.78 is 33.6. The Bertz CT molecular complexity index is 1330. The molecule has 1 atom stereocenters. The third-order valence-electron chi connectivity index (χ3n) is 5.88. The average Bonchev–Trinajstić information content (AvgIpc) is 2.92. The minimum atomic E-state index is -3.52. The molecule has 4 rings (SSSR count). The van der Waals surface area contributed by atoms with Gasteiger partial charge in [0.1, 0.15) is 5.82 Å². The molecule has 4 aromatic carbocycles. The first-order valence-corrected chi connectivity index (χ1v) is 13.5.